The Morgan fingerprint density at radius 1 is 1.35 bits per heavy atom. The molecule has 1 aromatic carbocycles. The van der Waals surface area contributed by atoms with Gasteiger partial charge in [-0.05, 0) is 39.0 Å². The van der Waals surface area contributed by atoms with Gasteiger partial charge < -0.3 is 14.6 Å². The van der Waals surface area contributed by atoms with Gasteiger partial charge in [0, 0.05) is 11.6 Å². The number of hydrogen-bond acceptors (Lipinski definition) is 3. The first-order valence-electron chi connectivity index (χ1n) is 6.26. The molecular formula is C15H19ClO4. The van der Waals surface area contributed by atoms with E-state index in [0.29, 0.717) is 29.5 Å². The summed E-state index contributed by atoms with van der Waals surface area (Å²) in [5.41, 5.74) is 0.330. The molecular weight excluding hydrogens is 280 g/mol. The van der Waals surface area contributed by atoms with E-state index in [-0.39, 0.29) is 5.60 Å². The largest absolute Gasteiger partial charge is 0.491 e. The Balaban J connectivity index is 2.70. The summed E-state index contributed by atoms with van der Waals surface area (Å²) >= 11 is 6.04. The minimum atomic E-state index is -1.04. The van der Waals surface area contributed by atoms with Gasteiger partial charge in [0.25, 0.3) is 0 Å². The van der Waals surface area contributed by atoms with Crippen LogP contribution in [0.5, 0.6) is 5.75 Å². The monoisotopic (exact) mass is 298 g/mol. The van der Waals surface area contributed by atoms with Crippen LogP contribution >= 0.6 is 11.6 Å². The molecule has 0 amide bonds. The zero-order valence-corrected chi connectivity index (χ0v) is 12.6. The van der Waals surface area contributed by atoms with E-state index in [0.717, 1.165) is 6.08 Å². The Labute approximate surface area is 124 Å². The molecule has 0 saturated carbocycles. The molecule has 20 heavy (non-hydrogen) atoms. The van der Waals surface area contributed by atoms with Crippen molar-refractivity contribution in [1.82, 2.24) is 0 Å². The van der Waals surface area contributed by atoms with E-state index in [1.54, 1.807) is 18.2 Å². The van der Waals surface area contributed by atoms with Crippen LogP contribution in [0.1, 0.15) is 26.3 Å². The third kappa shape index (κ3) is 6.08. The molecule has 110 valence electrons. The Kier molecular flexibility index (Phi) is 6.05. The molecule has 0 radical (unpaired) electrons. The zero-order valence-electron chi connectivity index (χ0n) is 11.9. The number of carboxylic acid groups (broad SMARTS) is 1. The maximum Gasteiger partial charge on any atom is 0.328 e. The summed E-state index contributed by atoms with van der Waals surface area (Å²) in [5.74, 6) is -0.501. The van der Waals surface area contributed by atoms with E-state index in [2.05, 4.69) is 0 Å². The number of ether oxygens (including phenoxy) is 2. The van der Waals surface area contributed by atoms with Crippen LogP contribution in [0.2, 0.25) is 5.02 Å². The lowest BCUT2D eigenvalue weighted by atomic mass is 10.2. The Morgan fingerprint density at radius 2 is 2.05 bits per heavy atom. The topological polar surface area (TPSA) is 55.8 Å². The zero-order chi connectivity index (χ0) is 15.2. The lowest BCUT2D eigenvalue weighted by Gasteiger charge is -2.19. The number of rotatable bonds is 6. The molecule has 0 saturated heterocycles. The van der Waals surface area contributed by atoms with Crippen LogP contribution in [0.4, 0.5) is 0 Å². The summed E-state index contributed by atoms with van der Waals surface area (Å²) in [5, 5.41) is 9.11. The van der Waals surface area contributed by atoms with E-state index in [4.69, 9.17) is 26.2 Å². The van der Waals surface area contributed by atoms with E-state index >= 15 is 0 Å². The summed E-state index contributed by atoms with van der Waals surface area (Å²) in [4.78, 5) is 10.6. The van der Waals surface area contributed by atoms with Crippen molar-refractivity contribution in [3.63, 3.8) is 0 Å². The molecule has 0 spiro atoms. The number of aliphatic carboxylic acids is 1. The summed E-state index contributed by atoms with van der Waals surface area (Å²) < 4.78 is 11.1. The van der Waals surface area contributed by atoms with E-state index in [1.165, 1.54) is 6.08 Å². The minimum absolute atomic E-state index is 0.219. The third-order valence-electron chi connectivity index (χ3n) is 2.28. The molecule has 0 aliphatic carbocycles. The van der Waals surface area contributed by atoms with Gasteiger partial charge in [-0.3, -0.25) is 0 Å². The first kappa shape index (κ1) is 16.5. The first-order chi connectivity index (χ1) is 9.29. The Morgan fingerprint density at radius 3 is 2.65 bits per heavy atom. The van der Waals surface area contributed by atoms with Crippen molar-refractivity contribution in [2.45, 2.75) is 26.4 Å². The van der Waals surface area contributed by atoms with Gasteiger partial charge in [-0.15, -0.1) is 0 Å². The highest BCUT2D eigenvalue weighted by Gasteiger charge is 2.10. The average molecular weight is 299 g/mol. The van der Waals surface area contributed by atoms with Gasteiger partial charge >= 0.3 is 5.97 Å². The second-order valence-corrected chi connectivity index (χ2v) is 5.54. The Bertz CT molecular complexity index is 489. The van der Waals surface area contributed by atoms with Crippen LogP contribution < -0.4 is 4.74 Å². The fourth-order valence-electron chi connectivity index (χ4n) is 1.46. The van der Waals surface area contributed by atoms with Crippen LogP contribution in [0.3, 0.4) is 0 Å². The standard InChI is InChI=1S/C15H19ClO4/c1-15(2,3)20-10-9-19-13-6-4-5-12(16)11(13)7-8-14(17)18/h4-8H,9-10H2,1-3H3,(H,17,18)/b8-7+. The molecule has 0 aliphatic rings. The SMILES string of the molecule is CC(C)(C)OCCOc1cccc(Cl)c1/C=C/C(=O)O. The molecule has 0 fully saturated rings. The summed E-state index contributed by atoms with van der Waals surface area (Å²) in [6, 6.07) is 5.17. The normalized spacial score (nSPS) is 11.8. The predicted molar refractivity (Wildman–Crippen MR) is 79.3 cm³/mol. The maximum absolute atomic E-state index is 10.6. The molecule has 1 aromatic rings. The number of hydrogen-bond donors (Lipinski definition) is 1. The first-order valence-corrected chi connectivity index (χ1v) is 6.63. The number of carboxylic acids is 1. The highest BCUT2D eigenvalue weighted by molar-refractivity contribution is 6.32. The van der Waals surface area contributed by atoms with Crippen LogP contribution in [-0.2, 0) is 9.53 Å². The van der Waals surface area contributed by atoms with Crippen LogP contribution in [0, 0.1) is 0 Å². The minimum Gasteiger partial charge on any atom is -0.491 e. The van der Waals surface area contributed by atoms with Crippen LogP contribution in [0.25, 0.3) is 6.08 Å². The molecule has 0 aliphatic heterocycles. The lowest BCUT2D eigenvalue weighted by Crippen LogP contribution is -2.22. The lowest BCUT2D eigenvalue weighted by molar-refractivity contribution is -0.131. The highest BCUT2D eigenvalue weighted by Crippen LogP contribution is 2.27. The molecule has 0 heterocycles. The quantitative estimate of drug-likeness (QED) is 0.643. The third-order valence-corrected chi connectivity index (χ3v) is 2.61. The van der Waals surface area contributed by atoms with Crippen molar-refractivity contribution >= 4 is 23.6 Å². The molecule has 0 aromatic heterocycles. The summed E-state index contributed by atoms with van der Waals surface area (Å²) in [6.45, 7) is 6.71. The second-order valence-electron chi connectivity index (χ2n) is 5.13. The van der Waals surface area contributed by atoms with Crippen molar-refractivity contribution in [2.75, 3.05) is 13.2 Å². The molecule has 5 heteroatoms. The predicted octanol–water partition coefficient (Wildman–Crippen LogP) is 3.63. The summed E-state index contributed by atoms with van der Waals surface area (Å²) in [7, 11) is 0. The molecule has 1 rings (SSSR count). The fraction of sp³-hybridized carbons (Fsp3) is 0.400. The fourth-order valence-corrected chi connectivity index (χ4v) is 1.69. The van der Waals surface area contributed by atoms with Crippen molar-refractivity contribution < 1.29 is 19.4 Å². The van der Waals surface area contributed by atoms with Gasteiger partial charge in [-0.1, -0.05) is 17.7 Å². The van der Waals surface area contributed by atoms with Gasteiger partial charge in [0.15, 0.2) is 0 Å². The van der Waals surface area contributed by atoms with E-state index in [9.17, 15) is 4.79 Å². The number of carbonyl (C=O) groups is 1. The van der Waals surface area contributed by atoms with Crippen molar-refractivity contribution in [1.29, 1.82) is 0 Å². The molecule has 4 nitrogen and oxygen atoms in total. The van der Waals surface area contributed by atoms with Crippen molar-refractivity contribution in [3.05, 3.63) is 34.9 Å². The van der Waals surface area contributed by atoms with Crippen molar-refractivity contribution in [2.24, 2.45) is 0 Å². The van der Waals surface area contributed by atoms with Crippen LogP contribution in [0.15, 0.2) is 24.3 Å². The average Bonchev–Trinajstić information content (AvgIpc) is 2.32. The van der Waals surface area contributed by atoms with Gasteiger partial charge in [-0.2, -0.15) is 0 Å². The molecule has 0 atom stereocenters. The Hall–Kier alpha value is -1.52. The van der Waals surface area contributed by atoms with Crippen molar-refractivity contribution in [3.8, 4) is 5.75 Å². The molecule has 0 bridgehead atoms. The maximum atomic E-state index is 10.6. The van der Waals surface area contributed by atoms with E-state index in [1.807, 2.05) is 20.8 Å². The van der Waals surface area contributed by atoms with Gasteiger partial charge in [0.1, 0.15) is 12.4 Å². The van der Waals surface area contributed by atoms with Gasteiger partial charge in [-0.25, -0.2) is 4.79 Å². The smallest absolute Gasteiger partial charge is 0.328 e. The summed E-state index contributed by atoms with van der Waals surface area (Å²) in [6.07, 6.45) is 2.45. The van der Waals surface area contributed by atoms with Gasteiger partial charge in [0.05, 0.1) is 17.2 Å². The number of benzene rings is 1. The van der Waals surface area contributed by atoms with E-state index < -0.39 is 5.97 Å². The number of halogens is 1. The molecule has 1 N–H and O–H groups in total. The highest BCUT2D eigenvalue weighted by atomic mass is 35.5. The second kappa shape index (κ2) is 7.31. The van der Waals surface area contributed by atoms with Crippen LogP contribution in [-0.4, -0.2) is 29.9 Å². The van der Waals surface area contributed by atoms with Gasteiger partial charge in [0.2, 0.25) is 0 Å². The molecule has 0 unspecified atom stereocenters.